The molecule has 2 aliphatic rings. The van der Waals surface area contributed by atoms with E-state index in [1.165, 1.54) is 0 Å². The van der Waals surface area contributed by atoms with Gasteiger partial charge in [-0.2, -0.15) is 0 Å². The van der Waals surface area contributed by atoms with Crippen LogP contribution in [0.5, 0.6) is 0 Å². The van der Waals surface area contributed by atoms with Crippen molar-refractivity contribution in [1.29, 1.82) is 0 Å². The number of aromatic nitrogens is 1. The van der Waals surface area contributed by atoms with Crippen molar-refractivity contribution in [2.45, 2.75) is 38.3 Å². The first-order valence-corrected chi connectivity index (χ1v) is 7.98. The van der Waals surface area contributed by atoms with Gasteiger partial charge in [0.15, 0.2) is 0 Å². The van der Waals surface area contributed by atoms with Gasteiger partial charge in [-0.3, -0.25) is 4.98 Å². The fourth-order valence-electron chi connectivity index (χ4n) is 3.13. The van der Waals surface area contributed by atoms with Crippen molar-refractivity contribution in [2.75, 3.05) is 19.6 Å². The maximum Gasteiger partial charge on any atom is 0.407 e. The average molecular weight is 318 g/mol. The van der Waals surface area contributed by atoms with Gasteiger partial charge in [0, 0.05) is 25.7 Å². The minimum absolute atomic E-state index is 0.0932. The number of ether oxygens (including phenoxy) is 1. The molecule has 7 nitrogen and oxygen atoms in total. The predicted octanol–water partition coefficient (Wildman–Crippen LogP) is 1.56. The van der Waals surface area contributed by atoms with E-state index in [0.717, 1.165) is 24.1 Å². The van der Waals surface area contributed by atoms with Gasteiger partial charge >= 0.3 is 12.1 Å². The van der Waals surface area contributed by atoms with E-state index in [0.29, 0.717) is 32.6 Å². The quantitative estimate of drug-likeness (QED) is 0.867. The van der Waals surface area contributed by atoms with Gasteiger partial charge in [0.2, 0.25) is 0 Å². The largest absolute Gasteiger partial charge is 0.441 e. The van der Waals surface area contributed by atoms with Gasteiger partial charge < -0.3 is 20.3 Å². The van der Waals surface area contributed by atoms with Crippen LogP contribution in [0.4, 0.5) is 9.59 Å². The molecule has 1 unspecified atom stereocenters. The highest BCUT2D eigenvalue weighted by atomic mass is 16.6. The lowest BCUT2D eigenvalue weighted by Crippen LogP contribution is -2.41. The lowest BCUT2D eigenvalue weighted by Gasteiger charge is -2.25. The molecular formula is C16H22N4O3. The third-order valence-corrected chi connectivity index (χ3v) is 4.57. The van der Waals surface area contributed by atoms with Crippen LogP contribution >= 0.6 is 0 Å². The molecule has 124 valence electrons. The molecule has 1 aromatic rings. The van der Waals surface area contributed by atoms with E-state index in [1.807, 2.05) is 19.1 Å². The highest BCUT2D eigenvalue weighted by Gasteiger charge is 2.41. The number of alkyl carbamates (subject to hydrolysis) is 1. The van der Waals surface area contributed by atoms with Crippen molar-refractivity contribution in [3.63, 3.8) is 0 Å². The molecule has 1 spiro atoms. The SMILES string of the molecule is Cc1cccnc1CNC(=O)N1CCCC2(CC1)CNC(=O)O2. The van der Waals surface area contributed by atoms with Gasteiger partial charge in [-0.15, -0.1) is 0 Å². The zero-order valence-electron chi connectivity index (χ0n) is 13.3. The number of nitrogens with zero attached hydrogens (tertiary/aromatic N) is 2. The van der Waals surface area contributed by atoms with Gasteiger partial charge in [0.1, 0.15) is 5.60 Å². The third-order valence-electron chi connectivity index (χ3n) is 4.57. The number of rotatable bonds is 2. The Balaban J connectivity index is 1.54. The second-order valence-corrected chi connectivity index (χ2v) is 6.19. The molecule has 2 saturated heterocycles. The van der Waals surface area contributed by atoms with Crippen LogP contribution in [0.15, 0.2) is 18.3 Å². The number of carbonyl (C=O) groups excluding carboxylic acids is 2. The Bertz CT molecular complexity index is 607. The fraction of sp³-hybridized carbons (Fsp3) is 0.562. The van der Waals surface area contributed by atoms with Gasteiger partial charge in [-0.1, -0.05) is 6.07 Å². The molecule has 3 rings (SSSR count). The zero-order valence-corrected chi connectivity index (χ0v) is 13.3. The summed E-state index contributed by atoms with van der Waals surface area (Å²) in [7, 11) is 0. The molecule has 23 heavy (non-hydrogen) atoms. The van der Waals surface area contributed by atoms with Crippen molar-refractivity contribution in [1.82, 2.24) is 20.5 Å². The Morgan fingerprint density at radius 3 is 3.09 bits per heavy atom. The number of nitrogens with one attached hydrogen (secondary N) is 2. The number of likely N-dealkylation sites (tertiary alicyclic amines) is 1. The van der Waals surface area contributed by atoms with Crippen LogP contribution < -0.4 is 10.6 Å². The average Bonchev–Trinajstić information content (AvgIpc) is 2.78. The van der Waals surface area contributed by atoms with E-state index in [2.05, 4.69) is 15.6 Å². The van der Waals surface area contributed by atoms with Crippen LogP contribution in [0, 0.1) is 6.92 Å². The smallest absolute Gasteiger partial charge is 0.407 e. The molecule has 2 aliphatic heterocycles. The highest BCUT2D eigenvalue weighted by Crippen LogP contribution is 2.29. The molecule has 2 N–H and O–H groups in total. The minimum atomic E-state index is -0.441. The Kier molecular flexibility index (Phi) is 4.36. The van der Waals surface area contributed by atoms with Crippen LogP contribution in [0.25, 0.3) is 0 Å². The maximum atomic E-state index is 12.4. The number of carbonyl (C=O) groups is 2. The van der Waals surface area contributed by atoms with Crippen LogP contribution in [0.2, 0.25) is 0 Å². The van der Waals surface area contributed by atoms with Gasteiger partial charge in [-0.25, -0.2) is 9.59 Å². The van der Waals surface area contributed by atoms with Crippen molar-refractivity contribution in [2.24, 2.45) is 0 Å². The lowest BCUT2D eigenvalue weighted by molar-refractivity contribution is 0.0453. The summed E-state index contributed by atoms with van der Waals surface area (Å²) in [6.07, 6.45) is 3.65. The van der Waals surface area contributed by atoms with E-state index in [4.69, 9.17) is 4.74 Å². The van der Waals surface area contributed by atoms with Crippen molar-refractivity contribution < 1.29 is 14.3 Å². The number of urea groups is 1. The van der Waals surface area contributed by atoms with Crippen molar-refractivity contribution in [3.8, 4) is 0 Å². The second-order valence-electron chi connectivity index (χ2n) is 6.19. The fourth-order valence-corrected chi connectivity index (χ4v) is 3.13. The van der Waals surface area contributed by atoms with Gasteiger partial charge in [-0.05, 0) is 31.4 Å². The Hall–Kier alpha value is -2.31. The Labute approximate surface area is 135 Å². The molecule has 0 saturated carbocycles. The predicted molar refractivity (Wildman–Crippen MR) is 83.8 cm³/mol. The van der Waals surface area contributed by atoms with E-state index in [-0.39, 0.29) is 12.1 Å². The summed E-state index contributed by atoms with van der Waals surface area (Å²) >= 11 is 0. The monoisotopic (exact) mass is 318 g/mol. The summed E-state index contributed by atoms with van der Waals surface area (Å²) in [6.45, 7) is 4.19. The number of hydrogen-bond donors (Lipinski definition) is 2. The Morgan fingerprint density at radius 2 is 2.35 bits per heavy atom. The lowest BCUT2D eigenvalue weighted by atomic mass is 9.95. The summed E-state index contributed by atoms with van der Waals surface area (Å²) in [5.41, 5.74) is 1.50. The van der Waals surface area contributed by atoms with Gasteiger partial charge in [0.25, 0.3) is 0 Å². The zero-order chi connectivity index (χ0) is 16.3. The first-order valence-electron chi connectivity index (χ1n) is 7.98. The maximum absolute atomic E-state index is 12.4. The third kappa shape index (κ3) is 3.55. The number of hydrogen-bond acceptors (Lipinski definition) is 4. The van der Waals surface area contributed by atoms with E-state index in [9.17, 15) is 9.59 Å². The summed E-state index contributed by atoms with van der Waals surface area (Å²) in [6, 6.07) is 3.77. The molecule has 2 fully saturated rings. The Morgan fingerprint density at radius 1 is 1.48 bits per heavy atom. The van der Waals surface area contributed by atoms with Crippen molar-refractivity contribution in [3.05, 3.63) is 29.6 Å². The molecular weight excluding hydrogens is 296 g/mol. The van der Waals surface area contributed by atoms with Crippen LogP contribution in [0.1, 0.15) is 30.5 Å². The van der Waals surface area contributed by atoms with Gasteiger partial charge in [0.05, 0.1) is 18.8 Å². The van der Waals surface area contributed by atoms with E-state index in [1.54, 1.807) is 11.1 Å². The standard InChI is InChI=1S/C16H22N4O3/c1-12-4-2-7-17-13(12)10-18-14(21)20-8-3-5-16(6-9-20)11-19-15(22)23-16/h2,4,7H,3,5-6,8-11H2,1H3,(H,18,21)(H,19,22). The molecule has 3 amide bonds. The summed E-state index contributed by atoms with van der Waals surface area (Å²) in [5, 5.41) is 5.64. The van der Waals surface area contributed by atoms with Crippen LogP contribution in [-0.2, 0) is 11.3 Å². The second kappa shape index (κ2) is 6.44. The summed E-state index contributed by atoms with van der Waals surface area (Å²) in [4.78, 5) is 29.7. The van der Waals surface area contributed by atoms with Crippen LogP contribution in [0.3, 0.4) is 0 Å². The molecule has 1 aromatic heterocycles. The molecule has 1 atom stereocenters. The summed E-state index contributed by atoms with van der Waals surface area (Å²) in [5.74, 6) is 0. The molecule has 3 heterocycles. The number of amides is 3. The molecule has 0 aliphatic carbocycles. The number of pyridine rings is 1. The summed E-state index contributed by atoms with van der Waals surface area (Å²) < 4.78 is 5.42. The normalized spacial score (nSPS) is 24.0. The van der Waals surface area contributed by atoms with E-state index >= 15 is 0 Å². The first kappa shape index (κ1) is 15.6. The highest BCUT2D eigenvalue weighted by molar-refractivity contribution is 5.74. The first-order chi connectivity index (χ1) is 11.1. The van der Waals surface area contributed by atoms with E-state index < -0.39 is 5.60 Å². The van der Waals surface area contributed by atoms with Crippen molar-refractivity contribution >= 4 is 12.1 Å². The number of aryl methyl sites for hydroxylation is 1. The molecule has 0 radical (unpaired) electrons. The molecule has 0 aromatic carbocycles. The molecule has 0 bridgehead atoms. The molecule has 7 heteroatoms. The van der Waals surface area contributed by atoms with Crippen LogP contribution in [-0.4, -0.2) is 47.2 Å². The topological polar surface area (TPSA) is 83.6 Å². The minimum Gasteiger partial charge on any atom is -0.441 e.